The molecule has 21 heavy (non-hydrogen) atoms. The van der Waals surface area contributed by atoms with Crippen molar-refractivity contribution in [2.45, 2.75) is 63.7 Å². The van der Waals surface area contributed by atoms with Gasteiger partial charge in [0.2, 0.25) is 5.89 Å². The summed E-state index contributed by atoms with van der Waals surface area (Å²) in [5.74, 6) is 5.15. The van der Waals surface area contributed by atoms with Gasteiger partial charge < -0.3 is 10.3 Å². The van der Waals surface area contributed by atoms with Gasteiger partial charge in [0.15, 0.2) is 5.82 Å². The van der Waals surface area contributed by atoms with Crippen LogP contribution in [-0.4, -0.2) is 16.7 Å². The van der Waals surface area contributed by atoms with Crippen molar-refractivity contribution in [3.8, 4) is 0 Å². The molecule has 1 aromatic heterocycles. The molecule has 0 radical (unpaired) electrons. The van der Waals surface area contributed by atoms with E-state index in [0.29, 0.717) is 5.92 Å². The quantitative estimate of drug-likeness (QED) is 0.904. The van der Waals surface area contributed by atoms with Crippen molar-refractivity contribution in [3.63, 3.8) is 0 Å². The van der Waals surface area contributed by atoms with Crippen LogP contribution in [0.2, 0.25) is 0 Å². The highest BCUT2D eigenvalue weighted by atomic mass is 16.5. The highest BCUT2D eigenvalue weighted by molar-refractivity contribution is 5.16. The number of nitrogens with zero attached hydrogens (tertiary/aromatic N) is 2. The zero-order chi connectivity index (χ0) is 14.4. The van der Waals surface area contributed by atoms with E-state index in [1.54, 1.807) is 0 Å². The van der Waals surface area contributed by atoms with Crippen LogP contribution in [0.4, 0.5) is 0 Å². The van der Waals surface area contributed by atoms with Gasteiger partial charge in [-0.05, 0) is 75.2 Å². The molecule has 4 aliphatic rings. The van der Waals surface area contributed by atoms with Crippen molar-refractivity contribution >= 4 is 0 Å². The molecule has 1 atom stereocenters. The standard InChI is InChI=1S/C17H27N3O/c1-11(10-18)2-3-15-19-16(20-21-15)17-7-12-4-13(8-17)6-14(5-12)9-17/h11-14H,2-10,18H2,1H3. The molecule has 1 aromatic rings. The minimum atomic E-state index is 0.260. The van der Waals surface area contributed by atoms with Gasteiger partial charge in [-0.3, -0.25) is 0 Å². The molecule has 0 saturated heterocycles. The lowest BCUT2D eigenvalue weighted by molar-refractivity contribution is -0.0103. The predicted octanol–water partition coefficient (Wildman–Crippen LogP) is 3.06. The van der Waals surface area contributed by atoms with Crippen molar-refractivity contribution in [2.75, 3.05) is 6.54 Å². The van der Waals surface area contributed by atoms with E-state index in [1.165, 1.54) is 38.5 Å². The number of hydrogen-bond donors (Lipinski definition) is 1. The minimum absolute atomic E-state index is 0.260. The van der Waals surface area contributed by atoms with Gasteiger partial charge in [-0.1, -0.05) is 12.1 Å². The Hall–Kier alpha value is -0.900. The van der Waals surface area contributed by atoms with Crippen LogP contribution in [0.5, 0.6) is 0 Å². The van der Waals surface area contributed by atoms with Crippen LogP contribution in [0.1, 0.15) is 63.6 Å². The molecular formula is C17H27N3O. The van der Waals surface area contributed by atoms with E-state index >= 15 is 0 Å². The molecular weight excluding hydrogens is 262 g/mol. The lowest BCUT2D eigenvalue weighted by atomic mass is 9.49. The monoisotopic (exact) mass is 289 g/mol. The molecule has 4 heteroatoms. The first-order chi connectivity index (χ1) is 10.2. The number of rotatable bonds is 5. The summed E-state index contributed by atoms with van der Waals surface area (Å²) in [5.41, 5.74) is 5.94. The van der Waals surface area contributed by atoms with Gasteiger partial charge in [-0.25, -0.2) is 0 Å². The smallest absolute Gasteiger partial charge is 0.226 e. The Morgan fingerprint density at radius 1 is 1.19 bits per heavy atom. The Kier molecular flexibility index (Phi) is 3.32. The van der Waals surface area contributed by atoms with Gasteiger partial charge >= 0.3 is 0 Å². The summed E-state index contributed by atoms with van der Waals surface area (Å²) in [6.07, 6.45) is 10.2. The first kappa shape index (κ1) is 13.7. The number of nitrogens with two attached hydrogens (primary N) is 1. The fraction of sp³-hybridized carbons (Fsp3) is 0.882. The SMILES string of the molecule is CC(CN)CCc1nc(C23CC4CC(CC(C4)C2)C3)no1. The normalized spacial score (nSPS) is 38.9. The van der Waals surface area contributed by atoms with Crippen molar-refractivity contribution < 1.29 is 4.52 Å². The predicted molar refractivity (Wildman–Crippen MR) is 80.7 cm³/mol. The highest BCUT2D eigenvalue weighted by Crippen LogP contribution is 2.60. The van der Waals surface area contributed by atoms with Crippen molar-refractivity contribution in [1.82, 2.24) is 10.1 Å². The van der Waals surface area contributed by atoms with Crippen LogP contribution in [0.3, 0.4) is 0 Å². The minimum Gasteiger partial charge on any atom is -0.339 e. The molecule has 4 aliphatic carbocycles. The molecule has 1 heterocycles. The van der Waals surface area contributed by atoms with Gasteiger partial charge in [0, 0.05) is 11.8 Å². The maximum atomic E-state index is 5.68. The molecule has 2 N–H and O–H groups in total. The first-order valence-electron chi connectivity index (χ1n) is 8.70. The van der Waals surface area contributed by atoms with E-state index < -0.39 is 0 Å². The zero-order valence-corrected chi connectivity index (χ0v) is 13.1. The summed E-state index contributed by atoms with van der Waals surface area (Å²) >= 11 is 0. The average Bonchev–Trinajstić information content (AvgIpc) is 2.93. The van der Waals surface area contributed by atoms with Crippen molar-refractivity contribution in [3.05, 3.63) is 11.7 Å². The number of hydrogen-bond acceptors (Lipinski definition) is 4. The first-order valence-corrected chi connectivity index (χ1v) is 8.70. The van der Waals surface area contributed by atoms with Gasteiger partial charge in [0.25, 0.3) is 0 Å². The van der Waals surface area contributed by atoms with E-state index in [-0.39, 0.29) is 5.41 Å². The van der Waals surface area contributed by atoms with Crippen LogP contribution in [-0.2, 0) is 11.8 Å². The topological polar surface area (TPSA) is 64.9 Å². The van der Waals surface area contributed by atoms with Gasteiger partial charge in [0.05, 0.1) is 0 Å². The van der Waals surface area contributed by atoms with Gasteiger partial charge in [-0.15, -0.1) is 0 Å². The molecule has 0 aromatic carbocycles. The van der Waals surface area contributed by atoms with Crippen molar-refractivity contribution in [2.24, 2.45) is 29.4 Å². The Morgan fingerprint density at radius 3 is 2.38 bits per heavy atom. The Morgan fingerprint density at radius 2 is 1.81 bits per heavy atom. The molecule has 4 fully saturated rings. The Bertz CT molecular complexity index is 475. The summed E-state index contributed by atoms with van der Waals surface area (Å²) in [5, 5.41) is 4.39. The molecule has 4 bridgehead atoms. The van der Waals surface area contributed by atoms with Gasteiger partial charge in [0.1, 0.15) is 0 Å². The molecule has 0 amide bonds. The number of aryl methyl sites for hydroxylation is 1. The third-order valence-corrected chi connectivity index (χ3v) is 6.23. The Labute approximate surface area is 126 Å². The second-order valence-corrected chi connectivity index (χ2v) is 8.09. The molecule has 1 unspecified atom stereocenters. The largest absolute Gasteiger partial charge is 0.339 e. The van der Waals surface area contributed by atoms with Gasteiger partial charge in [-0.2, -0.15) is 4.98 Å². The van der Waals surface area contributed by atoms with Crippen LogP contribution >= 0.6 is 0 Å². The van der Waals surface area contributed by atoms with E-state index in [1.807, 2.05) is 0 Å². The molecule has 116 valence electrons. The molecule has 4 nitrogen and oxygen atoms in total. The second-order valence-electron chi connectivity index (χ2n) is 8.09. The second kappa shape index (κ2) is 5.08. The van der Waals surface area contributed by atoms with E-state index in [2.05, 4.69) is 12.1 Å². The van der Waals surface area contributed by atoms with E-state index in [4.69, 9.17) is 15.2 Å². The third-order valence-electron chi connectivity index (χ3n) is 6.23. The number of aromatic nitrogens is 2. The maximum absolute atomic E-state index is 5.68. The van der Waals surface area contributed by atoms with Crippen LogP contribution in [0, 0.1) is 23.7 Å². The molecule has 5 rings (SSSR count). The van der Waals surface area contributed by atoms with Crippen LogP contribution < -0.4 is 5.73 Å². The molecule has 0 spiro atoms. The van der Waals surface area contributed by atoms with Crippen LogP contribution in [0.15, 0.2) is 4.52 Å². The summed E-state index contributed by atoms with van der Waals surface area (Å²) in [6, 6.07) is 0. The Balaban J connectivity index is 1.50. The maximum Gasteiger partial charge on any atom is 0.226 e. The van der Waals surface area contributed by atoms with E-state index in [9.17, 15) is 0 Å². The summed E-state index contributed by atoms with van der Waals surface area (Å²) < 4.78 is 5.55. The van der Waals surface area contributed by atoms with Crippen LogP contribution in [0.25, 0.3) is 0 Å². The fourth-order valence-electron chi connectivity index (χ4n) is 5.44. The lowest BCUT2D eigenvalue weighted by Crippen LogP contribution is -2.49. The molecule has 4 saturated carbocycles. The summed E-state index contributed by atoms with van der Waals surface area (Å²) in [6.45, 7) is 2.91. The summed E-state index contributed by atoms with van der Waals surface area (Å²) in [7, 11) is 0. The average molecular weight is 289 g/mol. The zero-order valence-electron chi connectivity index (χ0n) is 13.1. The third kappa shape index (κ3) is 2.41. The van der Waals surface area contributed by atoms with E-state index in [0.717, 1.165) is 48.9 Å². The van der Waals surface area contributed by atoms with Crippen molar-refractivity contribution in [1.29, 1.82) is 0 Å². The highest BCUT2D eigenvalue weighted by Gasteiger charge is 2.53. The fourth-order valence-corrected chi connectivity index (χ4v) is 5.44. The molecule has 0 aliphatic heterocycles. The lowest BCUT2D eigenvalue weighted by Gasteiger charge is -2.55. The summed E-state index contributed by atoms with van der Waals surface area (Å²) in [4.78, 5) is 4.79.